The Balaban J connectivity index is 1.97. The van der Waals surface area contributed by atoms with Gasteiger partial charge >= 0.3 is 0 Å². The number of nitrogens with one attached hydrogen (secondary N) is 1. The fourth-order valence-corrected chi connectivity index (χ4v) is 2.00. The van der Waals surface area contributed by atoms with Crippen LogP contribution in [0.4, 0.5) is 10.1 Å². The SMILES string of the molecule is O=C(CN1CCCCC1=O)Nc1cc(F)ccc1O. The normalized spacial score (nSPS) is 15.4. The van der Waals surface area contributed by atoms with E-state index in [0.717, 1.165) is 31.0 Å². The van der Waals surface area contributed by atoms with E-state index in [4.69, 9.17) is 0 Å². The Labute approximate surface area is 110 Å². The zero-order chi connectivity index (χ0) is 13.8. The summed E-state index contributed by atoms with van der Waals surface area (Å²) >= 11 is 0. The van der Waals surface area contributed by atoms with Crippen molar-refractivity contribution < 1.29 is 19.1 Å². The number of phenolic OH excluding ortho intramolecular Hbond substituents is 1. The molecule has 1 aliphatic rings. The minimum atomic E-state index is -0.554. The largest absolute Gasteiger partial charge is 0.506 e. The summed E-state index contributed by atoms with van der Waals surface area (Å²) in [6.45, 7) is 0.482. The van der Waals surface area contributed by atoms with Crippen molar-refractivity contribution in [3.05, 3.63) is 24.0 Å². The lowest BCUT2D eigenvalue weighted by atomic mass is 10.1. The number of amides is 2. The minimum absolute atomic E-state index is 0.00876. The third kappa shape index (κ3) is 3.43. The molecule has 0 unspecified atom stereocenters. The number of rotatable bonds is 3. The number of benzene rings is 1. The molecule has 102 valence electrons. The van der Waals surface area contributed by atoms with Crippen LogP contribution in [0.3, 0.4) is 0 Å². The highest BCUT2D eigenvalue weighted by Gasteiger charge is 2.20. The number of likely N-dealkylation sites (tertiary alicyclic amines) is 1. The molecule has 19 heavy (non-hydrogen) atoms. The van der Waals surface area contributed by atoms with E-state index in [2.05, 4.69) is 5.32 Å². The van der Waals surface area contributed by atoms with Gasteiger partial charge in [-0.2, -0.15) is 0 Å². The fourth-order valence-electron chi connectivity index (χ4n) is 2.00. The number of halogens is 1. The van der Waals surface area contributed by atoms with Crippen molar-refractivity contribution in [1.29, 1.82) is 0 Å². The van der Waals surface area contributed by atoms with Gasteiger partial charge in [-0.1, -0.05) is 0 Å². The van der Waals surface area contributed by atoms with Crippen molar-refractivity contribution in [3.8, 4) is 5.75 Å². The average Bonchev–Trinajstić information content (AvgIpc) is 2.37. The number of carbonyl (C=O) groups excluding carboxylic acids is 2. The van der Waals surface area contributed by atoms with E-state index in [1.54, 1.807) is 0 Å². The summed E-state index contributed by atoms with van der Waals surface area (Å²) in [5.41, 5.74) is 0.00876. The average molecular weight is 266 g/mol. The molecular weight excluding hydrogens is 251 g/mol. The number of phenols is 1. The Hall–Kier alpha value is -2.11. The molecular formula is C13H15FN2O3. The van der Waals surface area contributed by atoms with Gasteiger partial charge in [0.2, 0.25) is 11.8 Å². The smallest absolute Gasteiger partial charge is 0.244 e. The molecule has 0 atom stereocenters. The number of nitrogens with zero attached hydrogens (tertiary/aromatic N) is 1. The molecule has 0 saturated carbocycles. The second-order valence-corrected chi connectivity index (χ2v) is 4.48. The summed E-state index contributed by atoms with van der Waals surface area (Å²) in [5, 5.41) is 11.9. The van der Waals surface area contributed by atoms with Crippen LogP contribution in [0, 0.1) is 5.82 Å². The predicted molar refractivity (Wildman–Crippen MR) is 67.1 cm³/mol. The van der Waals surface area contributed by atoms with E-state index >= 15 is 0 Å². The van der Waals surface area contributed by atoms with Gasteiger partial charge in [0.05, 0.1) is 12.2 Å². The van der Waals surface area contributed by atoms with Gasteiger partial charge in [0, 0.05) is 19.0 Å². The maximum atomic E-state index is 13.0. The van der Waals surface area contributed by atoms with Crippen molar-refractivity contribution in [2.45, 2.75) is 19.3 Å². The van der Waals surface area contributed by atoms with E-state index in [1.165, 1.54) is 4.90 Å². The maximum absolute atomic E-state index is 13.0. The quantitative estimate of drug-likeness (QED) is 0.814. The zero-order valence-corrected chi connectivity index (χ0v) is 10.4. The summed E-state index contributed by atoms with van der Waals surface area (Å²) < 4.78 is 13.0. The number of hydrogen-bond donors (Lipinski definition) is 2. The number of aromatic hydroxyl groups is 1. The van der Waals surface area contributed by atoms with Gasteiger partial charge in [0.25, 0.3) is 0 Å². The zero-order valence-electron chi connectivity index (χ0n) is 10.4. The second kappa shape index (κ2) is 5.69. The van der Waals surface area contributed by atoms with Crippen LogP contribution in [0.5, 0.6) is 5.75 Å². The first-order chi connectivity index (χ1) is 9.06. The summed E-state index contributed by atoms with van der Waals surface area (Å²) in [7, 11) is 0. The van der Waals surface area contributed by atoms with Crippen LogP contribution in [-0.4, -0.2) is 34.9 Å². The van der Waals surface area contributed by atoms with Crippen molar-refractivity contribution in [1.82, 2.24) is 4.90 Å². The molecule has 0 aliphatic carbocycles. The monoisotopic (exact) mass is 266 g/mol. The molecule has 2 N–H and O–H groups in total. The molecule has 1 heterocycles. The standard InChI is InChI=1S/C13H15FN2O3/c14-9-4-5-11(17)10(7-9)15-12(18)8-16-6-2-1-3-13(16)19/h4-5,7,17H,1-3,6,8H2,(H,15,18). The molecule has 6 heteroatoms. The van der Waals surface area contributed by atoms with Gasteiger partial charge in [-0.15, -0.1) is 0 Å². The summed E-state index contributed by atoms with van der Waals surface area (Å²) in [5.74, 6) is -1.26. The highest BCUT2D eigenvalue weighted by molar-refractivity contribution is 5.95. The third-order valence-corrected chi connectivity index (χ3v) is 2.99. The summed E-state index contributed by atoms with van der Waals surface area (Å²) in [6, 6.07) is 3.29. The summed E-state index contributed by atoms with van der Waals surface area (Å²) in [4.78, 5) is 24.8. The predicted octanol–water partition coefficient (Wildman–Crippen LogP) is 1.48. The lowest BCUT2D eigenvalue weighted by Crippen LogP contribution is -2.40. The third-order valence-electron chi connectivity index (χ3n) is 2.99. The van der Waals surface area contributed by atoms with Gasteiger partial charge < -0.3 is 15.3 Å². The molecule has 1 aromatic carbocycles. The van der Waals surface area contributed by atoms with Gasteiger partial charge in [-0.25, -0.2) is 4.39 Å². The molecule has 0 aromatic heterocycles. The number of hydrogen-bond acceptors (Lipinski definition) is 3. The molecule has 2 rings (SSSR count). The van der Waals surface area contributed by atoms with Gasteiger partial charge in [-0.05, 0) is 25.0 Å². The molecule has 1 saturated heterocycles. The molecule has 2 amide bonds. The number of anilines is 1. The van der Waals surface area contributed by atoms with Crippen LogP contribution in [-0.2, 0) is 9.59 Å². The van der Waals surface area contributed by atoms with Gasteiger partial charge in [0.1, 0.15) is 11.6 Å². The molecule has 1 aromatic rings. The van der Waals surface area contributed by atoms with Crippen LogP contribution in [0.1, 0.15) is 19.3 Å². The topological polar surface area (TPSA) is 69.6 Å². The summed E-state index contributed by atoms with van der Waals surface area (Å²) in [6.07, 6.45) is 2.18. The van der Waals surface area contributed by atoms with E-state index in [0.29, 0.717) is 13.0 Å². The number of carbonyl (C=O) groups is 2. The van der Waals surface area contributed by atoms with E-state index in [-0.39, 0.29) is 23.9 Å². The number of piperidine rings is 1. The maximum Gasteiger partial charge on any atom is 0.244 e. The van der Waals surface area contributed by atoms with E-state index < -0.39 is 11.7 Å². The van der Waals surface area contributed by atoms with Crippen LogP contribution in [0.2, 0.25) is 0 Å². The molecule has 0 bridgehead atoms. The van der Waals surface area contributed by atoms with Gasteiger partial charge in [-0.3, -0.25) is 9.59 Å². The second-order valence-electron chi connectivity index (χ2n) is 4.48. The van der Waals surface area contributed by atoms with Crippen LogP contribution in [0.15, 0.2) is 18.2 Å². The first-order valence-corrected chi connectivity index (χ1v) is 6.12. The van der Waals surface area contributed by atoms with Crippen LogP contribution >= 0.6 is 0 Å². The van der Waals surface area contributed by atoms with Gasteiger partial charge in [0.15, 0.2) is 0 Å². The molecule has 0 radical (unpaired) electrons. The Kier molecular flexibility index (Phi) is 3.99. The molecule has 0 spiro atoms. The first-order valence-electron chi connectivity index (χ1n) is 6.12. The first kappa shape index (κ1) is 13.3. The Morgan fingerprint density at radius 2 is 2.21 bits per heavy atom. The fraction of sp³-hybridized carbons (Fsp3) is 0.385. The van der Waals surface area contributed by atoms with Crippen LogP contribution < -0.4 is 5.32 Å². The lowest BCUT2D eigenvalue weighted by Gasteiger charge is -2.26. The Morgan fingerprint density at radius 3 is 2.95 bits per heavy atom. The molecule has 1 fully saturated rings. The molecule has 5 nitrogen and oxygen atoms in total. The van der Waals surface area contributed by atoms with Crippen LogP contribution in [0.25, 0.3) is 0 Å². The Bertz CT molecular complexity index is 505. The van der Waals surface area contributed by atoms with Crippen molar-refractivity contribution in [2.75, 3.05) is 18.4 Å². The highest BCUT2D eigenvalue weighted by atomic mass is 19.1. The van der Waals surface area contributed by atoms with E-state index in [9.17, 15) is 19.1 Å². The van der Waals surface area contributed by atoms with Crippen molar-refractivity contribution in [3.63, 3.8) is 0 Å². The Morgan fingerprint density at radius 1 is 1.42 bits per heavy atom. The highest BCUT2D eigenvalue weighted by Crippen LogP contribution is 2.23. The minimum Gasteiger partial charge on any atom is -0.506 e. The van der Waals surface area contributed by atoms with E-state index in [1.807, 2.05) is 0 Å². The van der Waals surface area contributed by atoms with Crippen molar-refractivity contribution >= 4 is 17.5 Å². The molecule has 1 aliphatic heterocycles. The van der Waals surface area contributed by atoms with Crippen molar-refractivity contribution in [2.24, 2.45) is 0 Å². The lowest BCUT2D eigenvalue weighted by molar-refractivity contribution is -0.136.